The smallest absolute Gasteiger partial charge is 0.408 e. The van der Waals surface area contributed by atoms with Gasteiger partial charge in [0.25, 0.3) is 5.91 Å². The molecule has 0 radical (unpaired) electrons. The molecule has 35 heavy (non-hydrogen) atoms. The first-order valence-electron chi connectivity index (χ1n) is 11.3. The van der Waals surface area contributed by atoms with Gasteiger partial charge in [0.1, 0.15) is 18.7 Å². The van der Waals surface area contributed by atoms with E-state index < -0.39 is 36.2 Å². The molecule has 3 aromatic rings. The SMILES string of the molecule is O=C(NC(C(=O)N1CC(O)C[C@H]1C(=O)O)c1cccs1)OCC1c2ccccc2-c2ccccc21. The van der Waals surface area contributed by atoms with Crippen molar-refractivity contribution in [3.8, 4) is 11.1 Å². The van der Waals surface area contributed by atoms with Crippen molar-refractivity contribution < 1.29 is 29.3 Å². The molecule has 1 aromatic heterocycles. The second kappa shape index (κ2) is 9.52. The molecule has 9 heteroatoms. The van der Waals surface area contributed by atoms with Crippen LogP contribution in [0.15, 0.2) is 66.0 Å². The van der Waals surface area contributed by atoms with E-state index in [1.54, 1.807) is 17.5 Å². The molecule has 3 atom stereocenters. The van der Waals surface area contributed by atoms with Crippen LogP contribution in [0, 0.1) is 0 Å². The highest BCUT2D eigenvalue weighted by Crippen LogP contribution is 2.44. The summed E-state index contributed by atoms with van der Waals surface area (Å²) in [5.41, 5.74) is 4.36. The molecule has 1 fully saturated rings. The van der Waals surface area contributed by atoms with Crippen LogP contribution >= 0.6 is 11.3 Å². The average Bonchev–Trinajstić information content (AvgIpc) is 3.59. The maximum absolute atomic E-state index is 13.3. The van der Waals surface area contributed by atoms with Gasteiger partial charge in [-0.1, -0.05) is 54.6 Å². The van der Waals surface area contributed by atoms with Crippen molar-refractivity contribution in [2.45, 2.75) is 30.5 Å². The van der Waals surface area contributed by atoms with Gasteiger partial charge >= 0.3 is 12.1 Å². The van der Waals surface area contributed by atoms with Crippen molar-refractivity contribution in [3.63, 3.8) is 0 Å². The van der Waals surface area contributed by atoms with E-state index in [-0.39, 0.29) is 25.5 Å². The second-order valence-electron chi connectivity index (χ2n) is 8.65. The topological polar surface area (TPSA) is 116 Å². The quantitative estimate of drug-likeness (QED) is 0.486. The normalized spacial score (nSPS) is 19.6. The molecule has 0 saturated carbocycles. The molecular formula is C26H24N2O6S. The summed E-state index contributed by atoms with van der Waals surface area (Å²) in [4.78, 5) is 39.5. The number of hydrogen-bond donors (Lipinski definition) is 3. The van der Waals surface area contributed by atoms with E-state index in [9.17, 15) is 24.6 Å². The first-order valence-corrected chi connectivity index (χ1v) is 12.2. The summed E-state index contributed by atoms with van der Waals surface area (Å²) >= 11 is 1.27. The number of carbonyl (C=O) groups is 3. The third-order valence-corrected chi connectivity index (χ3v) is 7.46. The van der Waals surface area contributed by atoms with Gasteiger partial charge in [-0.15, -0.1) is 11.3 Å². The van der Waals surface area contributed by atoms with Gasteiger partial charge in [-0.25, -0.2) is 9.59 Å². The van der Waals surface area contributed by atoms with Crippen molar-refractivity contribution in [2.75, 3.05) is 13.2 Å². The molecule has 2 unspecified atom stereocenters. The number of aliphatic carboxylic acids is 1. The number of carboxylic acids is 1. The van der Waals surface area contributed by atoms with Crippen LogP contribution in [0.2, 0.25) is 0 Å². The molecule has 0 bridgehead atoms. The van der Waals surface area contributed by atoms with E-state index in [1.165, 1.54) is 11.3 Å². The molecule has 1 aliphatic carbocycles. The third kappa shape index (κ3) is 4.40. The Hall–Kier alpha value is -3.69. The minimum Gasteiger partial charge on any atom is -0.480 e. The van der Waals surface area contributed by atoms with Crippen LogP contribution in [-0.2, 0) is 14.3 Å². The van der Waals surface area contributed by atoms with E-state index in [2.05, 4.69) is 5.32 Å². The molecule has 2 aliphatic rings. The van der Waals surface area contributed by atoms with E-state index in [4.69, 9.17) is 4.74 Å². The predicted molar refractivity (Wildman–Crippen MR) is 129 cm³/mol. The van der Waals surface area contributed by atoms with Gasteiger partial charge in [0.2, 0.25) is 0 Å². The maximum atomic E-state index is 13.3. The van der Waals surface area contributed by atoms with Gasteiger partial charge in [-0.2, -0.15) is 0 Å². The Balaban J connectivity index is 1.32. The summed E-state index contributed by atoms with van der Waals surface area (Å²) in [5.74, 6) is -1.92. The highest BCUT2D eigenvalue weighted by atomic mass is 32.1. The van der Waals surface area contributed by atoms with E-state index in [1.807, 2.05) is 48.5 Å². The second-order valence-corrected chi connectivity index (χ2v) is 9.63. The zero-order chi connectivity index (χ0) is 24.5. The fraction of sp³-hybridized carbons (Fsp3) is 0.269. The number of amides is 2. The molecule has 1 aliphatic heterocycles. The molecule has 8 nitrogen and oxygen atoms in total. The van der Waals surface area contributed by atoms with Crippen LogP contribution < -0.4 is 5.32 Å². The monoisotopic (exact) mass is 492 g/mol. The van der Waals surface area contributed by atoms with Gasteiger partial charge in [0.05, 0.1) is 6.10 Å². The number of hydrogen-bond acceptors (Lipinski definition) is 6. The van der Waals surface area contributed by atoms with Crippen LogP contribution in [0.3, 0.4) is 0 Å². The molecule has 1 saturated heterocycles. The van der Waals surface area contributed by atoms with Crippen molar-refractivity contribution >= 4 is 29.3 Å². The van der Waals surface area contributed by atoms with Gasteiger partial charge < -0.3 is 25.2 Å². The number of carbonyl (C=O) groups excluding carboxylic acids is 2. The van der Waals surface area contributed by atoms with Crippen molar-refractivity contribution in [1.29, 1.82) is 0 Å². The van der Waals surface area contributed by atoms with Crippen molar-refractivity contribution in [2.24, 2.45) is 0 Å². The number of aliphatic hydroxyl groups excluding tert-OH is 1. The standard InChI is InChI=1S/C26H24N2O6S/c29-15-12-21(25(31)32)28(13-15)24(30)23(22-10-5-11-35-22)27-26(33)34-14-20-18-8-3-1-6-16(18)17-7-2-4-9-19(17)20/h1-11,15,20-21,23,29H,12-14H2,(H,27,33)(H,31,32)/t15?,21-,23?/m0/s1. The Bertz CT molecular complexity index is 1210. The highest BCUT2D eigenvalue weighted by Gasteiger charge is 2.42. The number of nitrogens with zero attached hydrogens (tertiary/aromatic N) is 1. The number of aliphatic hydroxyl groups is 1. The Morgan fingerprint density at radius 2 is 1.69 bits per heavy atom. The minimum absolute atomic E-state index is 0.0524. The number of thiophene rings is 1. The van der Waals surface area contributed by atoms with Crippen LogP contribution in [0.5, 0.6) is 0 Å². The van der Waals surface area contributed by atoms with Crippen LogP contribution in [0.4, 0.5) is 4.79 Å². The fourth-order valence-electron chi connectivity index (χ4n) is 4.93. The van der Waals surface area contributed by atoms with E-state index in [0.717, 1.165) is 27.2 Å². The molecular weight excluding hydrogens is 468 g/mol. The summed E-state index contributed by atoms with van der Waals surface area (Å²) in [7, 11) is 0. The largest absolute Gasteiger partial charge is 0.480 e. The lowest BCUT2D eigenvalue weighted by Crippen LogP contribution is -2.47. The number of nitrogens with one attached hydrogen (secondary N) is 1. The highest BCUT2D eigenvalue weighted by molar-refractivity contribution is 7.10. The number of carboxylic acid groups (broad SMARTS) is 1. The molecule has 3 N–H and O–H groups in total. The molecule has 2 aromatic carbocycles. The van der Waals surface area contributed by atoms with Gasteiger partial charge in [-0.3, -0.25) is 4.79 Å². The lowest BCUT2D eigenvalue weighted by Gasteiger charge is -2.26. The number of β-amino-alcohol motifs (C(OH)–C–C–N with tert-alkyl or cyclic N) is 1. The molecule has 5 rings (SSSR count). The summed E-state index contributed by atoms with van der Waals surface area (Å²) in [6.07, 6.45) is -1.76. The number of benzene rings is 2. The lowest BCUT2D eigenvalue weighted by molar-refractivity contribution is -0.149. The van der Waals surface area contributed by atoms with E-state index in [0.29, 0.717) is 4.88 Å². The number of fused-ring (bicyclic) bond motifs is 3. The summed E-state index contributed by atoms with van der Waals surface area (Å²) < 4.78 is 5.59. The van der Waals surface area contributed by atoms with Crippen LogP contribution in [0.1, 0.15) is 34.4 Å². The van der Waals surface area contributed by atoms with Gasteiger partial charge in [0.15, 0.2) is 0 Å². The molecule has 2 heterocycles. The van der Waals surface area contributed by atoms with Crippen molar-refractivity contribution in [1.82, 2.24) is 10.2 Å². The zero-order valence-electron chi connectivity index (χ0n) is 18.7. The zero-order valence-corrected chi connectivity index (χ0v) is 19.5. The van der Waals surface area contributed by atoms with Crippen molar-refractivity contribution in [3.05, 3.63) is 82.0 Å². The number of ether oxygens (including phenoxy) is 1. The van der Waals surface area contributed by atoms with Gasteiger partial charge in [0, 0.05) is 23.8 Å². The lowest BCUT2D eigenvalue weighted by atomic mass is 9.98. The van der Waals surface area contributed by atoms with E-state index >= 15 is 0 Å². The Kier molecular flexibility index (Phi) is 6.27. The summed E-state index contributed by atoms with van der Waals surface area (Å²) in [5, 5.41) is 23.8. The van der Waals surface area contributed by atoms with Crippen LogP contribution in [0.25, 0.3) is 11.1 Å². The minimum atomic E-state index is -1.19. The number of alkyl carbamates (subject to hydrolysis) is 1. The first-order chi connectivity index (χ1) is 16.9. The van der Waals surface area contributed by atoms with Crippen LogP contribution in [-0.4, -0.2) is 58.4 Å². The summed E-state index contributed by atoms with van der Waals surface area (Å²) in [6.45, 7) is -0.0184. The molecule has 2 amide bonds. The van der Waals surface area contributed by atoms with Gasteiger partial charge in [-0.05, 0) is 33.7 Å². The Morgan fingerprint density at radius 3 is 2.29 bits per heavy atom. The maximum Gasteiger partial charge on any atom is 0.408 e. The number of rotatable bonds is 6. The average molecular weight is 493 g/mol. The predicted octanol–water partition coefficient (Wildman–Crippen LogP) is 3.37. The molecule has 180 valence electrons. The Morgan fingerprint density at radius 1 is 1.03 bits per heavy atom. The fourth-order valence-corrected chi connectivity index (χ4v) is 5.69. The molecule has 0 spiro atoms. The Labute approximate surface area is 205 Å². The third-order valence-electron chi connectivity index (χ3n) is 6.53. The summed E-state index contributed by atoms with van der Waals surface area (Å²) in [6, 6.07) is 17.2. The first kappa shape index (κ1) is 23.1. The number of likely N-dealkylation sites (tertiary alicyclic amines) is 1.